The zero-order chi connectivity index (χ0) is 21.5. The van der Waals surface area contributed by atoms with Crippen LogP contribution in [0.2, 0.25) is 0 Å². The summed E-state index contributed by atoms with van der Waals surface area (Å²) >= 11 is 0. The van der Waals surface area contributed by atoms with Gasteiger partial charge in [-0.25, -0.2) is 27.1 Å². The van der Waals surface area contributed by atoms with Crippen molar-refractivity contribution in [3.8, 4) is 22.3 Å². The molecule has 3 aromatic heterocycles. The highest BCUT2D eigenvalue weighted by molar-refractivity contribution is 7.89. The largest absolute Gasteiger partial charge is 0.263 e. The van der Waals surface area contributed by atoms with Gasteiger partial charge >= 0.3 is 0 Å². The Balaban J connectivity index is 1.91. The molecule has 0 atom stereocenters. The van der Waals surface area contributed by atoms with E-state index in [9.17, 15) is 16.8 Å². The molecule has 0 fully saturated rings. The fourth-order valence-corrected chi connectivity index (χ4v) is 4.03. The van der Waals surface area contributed by atoms with Crippen LogP contribution in [0.15, 0.2) is 77.2 Å². The van der Waals surface area contributed by atoms with Crippen molar-refractivity contribution >= 4 is 30.9 Å². The summed E-state index contributed by atoms with van der Waals surface area (Å²) in [5.41, 5.74) is 3.13. The molecule has 0 saturated heterocycles. The first-order chi connectivity index (χ1) is 14.1. The highest BCUT2D eigenvalue weighted by Crippen LogP contribution is 2.32. The van der Waals surface area contributed by atoms with E-state index in [1.165, 1.54) is 36.9 Å². The molecule has 4 aromatic rings. The molecular formula is C19H15N5O4S2. The van der Waals surface area contributed by atoms with Gasteiger partial charge in [-0.05, 0) is 41.5 Å². The lowest BCUT2D eigenvalue weighted by molar-refractivity contribution is 0.595. The van der Waals surface area contributed by atoms with Crippen molar-refractivity contribution in [3.63, 3.8) is 0 Å². The molecule has 1 aromatic carbocycles. The molecule has 0 radical (unpaired) electrons. The van der Waals surface area contributed by atoms with Gasteiger partial charge in [0.2, 0.25) is 20.0 Å². The summed E-state index contributed by atoms with van der Waals surface area (Å²) in [6.45, 7) is 0. The summed E-state index contributed by atoms with van der Waals surface area (Å²) in [6, 6.07) is 9.97. The number of hydrogen-bond acceptors (Lipinski definition) is 7. The Morgan fingerprint density at radius 1 is 0.667 bits per heavy atom. The monoisotopic (exact) mass is 441 g/mol. The number of fused-ring (bicyclic) bond motifs is 1. The van der Waals surface area contributed by atoms with Crippen molar-refractivity contribution in [2.24, 2.45) is 10.3 Å². The lowest BCUT2D eigenvalue weighted by atomic mass is 9.99. The molecule has 9 nitrogen and oxygen atoms in total. The SMILES string of the molecule is NS(=O)(=O)c1cncc(-c2ccc3nccc(-c4cncc(S(N)(=O)=O)c4)c3c2)c1. The van der Waals surface area contributed by atoms with Gasteiger partial charge in [0.25, 0.3) is 0 Å². The van der Waals surface area contributed by atoms with Crippen LogP contribution in [-0.4, -0.2) is 31.8 Å². The van der Waals surface area contributed by atoms with Gasteiger partial charge < -0.3 is 0 Å². The minimum absolute atomic E-state index is 0.100. The van der Waals surface area contributed by atoms with E-state index in [1.54, 1.807) is 24.4 Å². The Morgan fingerprint density at radius 3 is 1.90 bits per heavy atom. The van der Waals surface area contributed by atoms with Gasteiger partial charge in [-0.15, -0.1) is 0 Å². The van der Waals surface area contributed by atoms with Crippen LogP contribution < -0.4 is 10.3 Å². The molecule has 4 N–H and O–H groups in total. The molecule has 0 unspecified atom stereocenters. The predicted octanol–water partition coefficient (Wildman–Crippen LogP) is 1.65. The molecule has 30 heavy (non-hydrogen) atoms. The molecule has 0 bridgehead atoms. The maximum absolute atomic E-state index is 11.7. The minimum Gasteiger partial charge on any atom is -0.263 e. The first-order valence-electron chi connectivity index (χ1n) is 8.48. The van der Waals surface area contributed by atoms with Crippen molar-refractivity contribution in [2.45, 2.75) is 9.79 Å². The van der Waals surface area contributed by atoms with Crippen LogP contribution in [-0.2, 0) is 20.0 Å². The van der Waals surface area contributed by atoms with Crippen molar-refractivity contribution in [2.75, 3.05) is 0 Å². The highest BCUT2D eigenvalue weighted by Gasteiger charge is 2.14. The summed E-state index contributed by atoms with van der Waals surface area (Å²) in [6.07, 6.45) is 7.01. The normalized spacial score (nSPS) is 12.2. The van der Waals surface area contributed by atoms with E-state index in [-0.39, 0.29) is 9.79 Å². The summed E-state index contributed by atoms with van der Waals surface area (Å²) in [7, 11) is -7.81. The summed E-state index contributed by atoms with van der Waals surface area (Å²) in [5.74, 6) is 0. The second-order valence-corrected chi connectivity index (χ2v) is 9.62. The smallest absolute Gasteiger partial charge is 0.239 e. The third kappa shape index (κ3) is 3.91. The Labute approximate surface area is 172 Å². The Morgan fingerprint density at radius 2 is 1.27 bits per heavy atom. The van der Waals surface area contributed by atoms with Crippen LogP contribution in [0.4, 0.5) is 0 Å². The van der Waals surface area contributed by atoms with E-state index in [4.69, 9.17) is 10.3 Å². The molecule has 0 aliphatic rings. The van der Waals surface area contributed by atoms with Crippen LogP contribution in [0, 0.1) is 0 Å². The summed E-state index contributed by atoms with van der Waals surface area (Å²) < 4.78 is 46.7. The second kappa shape index (κ2) is 7.22. The maximum atomic E-state index is 11.7. The molecule has 3 heterocycles. The number of aromatic nitrogens is 3. The van der Waals surface area contributed by atoms with Crippen LogP contribution >= 0.6 is 0 Å². The average Bonchev–Trinajstić information content (AvgIpc) is 2.72. The minimum atomic E-state index is -3.91. The lowest BCUT2D eigenvalue weighted by Crippen LogP contribution is -2.12. The van der Waals surface area contributed by atoms with Crippen molar-refractivity contribution in [3.05, 3.63) is 67.4 Å². The Hall–Kier alpha value is -3.25. The fraction of sp³-hybridized carbons (Fsp3) is 0. The topological polar surface area (TPSA) is 159 Å². The summed E-state index contributed by atoms with van der Waals surface area (Å²) in [5, 5.41) is 11.1. The predicted molar refractivity (Wildman–Crippen MR) is 111 cm³/mol. The van der Waals surface area contributed by atoms with Crippen molar-refractivity contribution < 1.29 is 16.8 Å². The Kier molecular flexibility index (Phi) is 4.82. The third-order valence-corrected chi connectivity index (χ3v) is 6.23. The van der Waals surface area contributed by atoms with Gasteiger partial charge in [-0.2, -0.15) is 0 Å². The van der Waals surface area contributed by atoms with Crippen molar-refractivity contribution in [1.29, 1.82) is 0 Å². The zero-order valence-electron chi connectivity index (χ0n) is 15.3. The number of nitrogens with two attached hydrogens (primary N) is 2. The van der Waals surface area contributed by atoms with E-state index in [2.05, 4.69) is 15.0 Å². The second-order valence-electron chi connectivity index (χ2n) is 6.50. The van der Waals surface area contributed by atoms with E-state index < -0.39 is 20.0 Å². The van der Waals surface area contributed by atoms with Crippen LogP contribution in [0.5, 0.6) is 0 Å². The van der Waals surface area contributed by atoms with Gasteiger partial charge in [0, 0.05) is 47.5 Å². The van der Waals surface area contributed by atoms with Crippen LogP contribution in [0.1, 0.15) is 0 Å². The molecule has 0 aliphatic heterocycles. The first-order valence-corrected chi connectivity index (χ1v) is 11.6. The number of pyridine rings is 3. The van der Waals surface area contributed by atoms with Gasteiger partial charge in [-0.1, -0.05) is 6.07 Å². The number of rotatable bonds is 4. The quantitative estimate of drug-likeness (QED) is 0.487. The van der Waals surface area contributed by atoms with E-state index in [0.717, 1.165) is 0 Å². The molecule has 11 heteroatoms. The van der Waals surface area contributed by atoms with Gasteiger partial charge in [0.05, 0.1) is 5.52 Å². The number of primary sulfonamides is 2. The molecule has 152 valence electrons. The standard InChI is InChI=1S/C19H15N5O4S2/c20-29(25,26)15-5-13(8-22-10-15)12-1-2-19-18(7-12)17(3-4-24-19)14-6-16(11-23-9-14)30(21,27)28/h1-11H,(H2,20,25,26)(H2,21,27,28). The zero-order valence-corrected chi connectivity index (χ0v) is 16.9. The fourth-order valence-electron chi connectivity index (χ4n) is 3.03. The number of nitrogens with zero attached hydrogens (tertiary/aromatic N) is 3. The highest BCUT2D eigenvalue weighted by atomic mass is 32.2. The maximum Gasteiger partial charge on any atom is 0.239 e. The number of benzene rings is 1. The van der Waals surface area contributed by atoms with Gasteiger partial charge in [0.1, 0.15) is 9.79 Å². The average molecular weight is 441 g/mol. The van der Waals surface area contributed by atoms with E-state index >= 15 is 0 Å². The lowest BCUT2D eigenvalue weighted by Gasteiger charge is -2.10. The number of sulfonamides is 2. The van der Waals surface area contributed by atoms with Crippen LogP contribution in [0.3, 0.4) is 0 Å². The van der Waals surface area contributed by atoms with Crippen molar-refractivity contribution in [1.82, 2.24) is 15.0 Å². The Bertz CT molecular complexity index is 1500. The van der Waals surface area contributed by atoms with E-state index in [0.29, 0.717) is 33.2 Å². The van der Waals surface area contributed by atoms with E-state index in [1.807, 2.05) is 6.07 Å². The van der Waals surface area contributed by atoms with Gasteiger partial charge in [-0.3, -0.25) is 15.0 Å². The molecule has 0 saturated carbocycles. The third-order valence-electron chi connectivity index (χ3n) is 4.47. The molecular weight excluding hydrogens is 426 g/mol. The first kappa shape index (κ1) is 20.0. The summed E-state index contributed by atoms with van der Waals surface area (Å²) in [4.78, 5) is 12.1. The molecule has 4 rings (SSSR count). The van der Waals surface area contributed by atoms with Gasteiger partial charge in [0.15, 0.2) is 0 Å². The molecule has 0 aliphatic carbocycles. The van der Waals surface area contributed by atoms with Crippen LogP contribution in [0.25, 0.3) is 33.2 Å². The number of hydrogen-bond donors (Lipinski definition) is 2. The molecule has 0 amide bonds. The molecule has 0 spiro atoms.